The second-order valence-corrected chi connectivity index (χ2v) is 2.04. The number of aromatic amines is 1. The fourth-order valence-corrected chi connectivity index (χ4v) is 0.956. The average Bonchev–Trinajstić information content (AvgIpc) is 2.42. The topological polar surface area (TPSA) is 49.6 Å². The Morgan fingerprint density at radius 3 is 3.20 bits per heavy atom. The Bertz CT molecular complexity index is 331. The molecule has 0 fully saturated rings. The predicted octanol–water partition coefficient (Wildman–Crippen LogP) is 1.67. The van der Waals surface area contributed by atoms with Crippen molar-refractivity contribution in [3.05, 3.63) is 29.6 Å². The van der Waals surface area contributed by atoms with E-state index in [4.69, 9.17) is 0 Å². The molecule has 4 heteroatoms. The summed E-state index contributed by atoms with van der Waals surface area (Å²) in [5, 5.41) is 2.79. The third kappa shape index (κ3) is 0.556. The minimum atomic E-state index is 0.451. The van der Waals surface area contributed by atoms with Crippen LogP contribution >= 0.6 is 0 Å². The lowest BCUT2D eigenvalue weighted by Gasteiger charge is -1.74. The molecule has 0 bridgehead atoms. The van der Waals surface area contributed by atoms with Gasteiger partial charge in [-0.2, -0.15) is 0 Å². The largest absolute Gasteiger partial charge is 0.346 e. The maximum atomic E-state index is 10.00. The molecule has 0 unspecified atom stereocenters. The van der Waals surface area contributed by atoms with Crippen LogP contribution in [0.25, 0.3) is 5.65 Å². The quantitative estimate of drug-likeness (QED) is 0.594. The van der Waals surface area contributed by atoms with E-state index in [9.17, 15) is 4.91 Å². The Balaban J connectivity index is 2.78. The van der Waals surface area contributed by atoms with Gasteiger partial charge in [0, 0.05) is 24.7 Å². The van der Waals surface area contributed by atoms with E-state index in [0.29, 0.717) is 5.69 Å². The molecule has 0 aliphatic heterocycles. The fraction of sp³-hybridized carbons (Fsp3) is 0. The Kier molecular flexibility index (Phi) is 0.887. The summed E-state index contributed by atoms with van der Waals surface area (Å²) in [5.74, 6) is 0. The van der Waals surface area contributed by atoms with Crippen LogP contribution in [0.5, 0.6) is 0 Å². The lowest BCUT2D eigenvalue weighted by molar-refractivity contribution is 1.22. The maximum Gasteiger partial charge on any atom is 0.128 e. The number of nitroso groups, excluding NO2 is 1. The van der Waals surface area contributed by atoms with Gasteiger partial charge in [0.25, 0.3) is 0 Å². The minimum absolute atomic E-state index is 0.451. The molecular weight excluding hydrogens is 130 g/mol. The summed E-state index contributed by atoms with van der Waals surface area (Å²) in [6, 6.07) is 1.69. The molecule has 2 heterocycles. The molecule has 50 valence electrons. The van der Waals surface area contributed by atoms with E-state index in [0.717, 1.165) is 5.65 Å². The summed E-state index contributed by atoms with van der Waals surface area (Å²) < 4.78 is 1.80. The van der Waals surface area contributed by atoms with Crippen molar-refractivity contribution in [1.82, 2.24) is 9.38 Å². The van der Waals surface area contributed by atoms with E-state index in [-0.39, 0.29) is 0 Å². The number of nitrogens with one attached hydrogen (secondary N) is 1. The van der Waals surface area contributed by atoms with Crippen LogP contribution in [0.15, 0.2) is 29.8 Å². The van der Waals surface area contributed by atoms with E-state index in [1.54, 1.807) is 22.9 Å². The van der Waals surface area contributed by atoms with E-state index in [1.807, 2.05) is 6.20 Å². The van der Waals surface area contributed by atoms with E-state index < -0.39 is 0 Å². The number of H-pyrrole nitrogens is 1. The first-order valence-corrected chi connectivity index (χ1v) is 2.88. The zero-order valence-electron chi connectivity index (χ0n) is 5.11. The molecular formula is C6H5N3O. The van der Waals surface area contributed by atoms with Crippen molar-refractivity contribution in [3.8, 4) is 0 Å². The number of hydrogen-bond donors (Lipinski definition) is 1. The van der Waals surface area contributed by atoms with Crippen LogP contribution in [0.4, 0.5) is 5.69 Å². The molecule has 0 radical (unpaired) electrons. The van der Waals surface area contributed by atoms with Gasteiger partial charge in [-0.15, -0.1) is 4.91 Å². The third-order valence-electron chi connectivity index (χ3n) is 1.41. The SMILES string of the molecule is O=Nc1cc2[nH]ccn2c1. The van der Waals surface area contributed by atoms with Gasteiger partial charge in [-0.25, -0.2) is 0 Å². The molecule has 2 aromatic rings. The van der Waals surface area contributed by atoms with Crippen LogP contribution in [0, 0.1) is 4.91 Å². The van der Waals surface area contributed by atoms with Crippen LogP contribution in [-0.4, -0.2) is 9.38 Å². The van der Waals surface area contributed by atoms with Crippen molar-refractivity contribution in [1.29, 1.82) is 0 Å². The highest BCUT2D eigenvalue weighted by Gasteiger charge is 1.97. The Hall–Kier alpha value is -1.58. The first-order valence-electron chi connectivity index (χ1n) is 2.88. The van der Waals surface area contributed by atoms with Crippen molar-refractivity contribution in [2.75, 3.05) is 0 Å². The highest BCUT2D eigenvalue weighted by atomic mass is 16.3. The number of rotatable bonds is 1. The van der Waals surface area contributed by atoms with Gasteiger partial charge < -0.3 is 9.38 Å². The highest BCUT2D eigenvalue weighted by Crippen LogP contribution is 2.15. The lowest BCUT2D eigenvalue weighted by Crippen LogP contribution is -1.67. The van der Waals surface area contributed by atoms with Crippen LogP contribution in [0.1, 0.15) is 0 Å². The van der Waals surface area contributed by atoms with Gasteiger partial charge in [-0.1, -0.05) is 0 Å². The summed E-state index contributed by atoms with van der Waals surface area (Å²) in [6.45, 7) is 0. The molecule has 0 amide bonds. The molecule has 2 aromatic heterocycles. The number of nitrogens with zero attached hydrogens (tertiary/aromatic N) is 2. The second-order valence-electron chi connectivity index (χ2n) is 2.04. The Morgan fingerprint density at radius 2 is 2.50 bits per heavy atom. The summed E-state index contributed by atoms with van der Waals surface area (Å²) in [6.07, 6.45) is 5.28. The molecule has 4 nitrogen and oxygen atoms in total. The molecule has 0 saturated heterocycles. The number of fused-ring (bicyclic) bond motifs is 1. The molecule has 10 heavy (non-hydrogen) atoms. The van der Waals surface area contributed by atoms with Crippen molar-refractivity contribution < 1.29 is 0 Å². The number of imidazole rings is 1. The average molecular weight is 135 g/mol. The monoisotopic (exact) mass is 135 g/mol. The molecule has 0 aromatic carbocycles. The van der Waals surface area contributed by atoms with E-state index in [2.05, 4.69) is 10.2 Å². The highest BCUT2D eigenvalue weighted by molar-refractivity contribution is 5.52. The van der Waals surface area contributed by atoms with Crippen LogP contribution in [-0.2, 0) is 0 Å². The summed E-state index contributed by atoms with van der Waals surface area (Å²) in [4.78, 5) is 12.9. The lowest BCUT2D eigenvalue weighted by atomic mass is 10.5. The fourth-order valence-electron chi connectivity index (χ4n) is 0.956. The zero-order valence-corrected chi connectivity index (χ0v) is 5.11. The van der Waals surface area contributed by atoms with E-state index in [1.165, 1.54) is 0 Å². The van der Waals surface area contributed by atoms with Crippen molar-refractivity contribution in [3.63, 3.8) is 0 Å². The molecule has 1 N–H and O–H groups in total. The van der Waals surface area contributed by atoms with Crippen LogP contribution < -0.4 is 0 Å². The zero-order chi connectivity index (χ0) is 6.97. The minimum Gasteiger partial charge on any atom is -0.346 e. The van der Waals surface area contributed by atoms with Crippen LogP contribution in [0.2, 0.25) is 0 Å². The molecule has 2 rings (SSSR count). The summed E-state index contributed by atoms with van der Waals surface area (Å²) >= 11 is 0. The third-order valence-corrected chi connectivity index (χ3v) is 1.41. The van der Waals surface area contributed by atoms with Gasteiger partial charge in [0.15, 0.2) is 0 Å². The van der Waals surface area contributed by atoms with Gasteiger partial charge in [-0.05, 0) is 5.18 Å². The van der Waals surface area contributed by atoms with Crippen molar-refractivity contribution in [2.45, 2.75) is 0 Å². The second kappa shape index (κ2) is 1.70. The predicted molar refractivity (Wildman–Crippen MR) is 37.2 cm³/mol. The van der Waals surface area contributed by atoms with Gasteiger partial charge in [0.1, 0.15) is 11.3 Å². The smallest absolute Gasteiger partial charge is 0.128 e. The first-order chi connectivity index (χ1) is 4.90. The van der Waals surface area contributed by atoms with Gasteiger partial charge in [-0.3, -0.25) is 0 Å². The normalized spacial score (nSPS) is 10.4. The summed E-state index contributed by atoms with van der Waals surface area (Å²) in [7, 11) is 0. The standard InChI is InChI=1S/C6H5N3O/c10-8-5-3-6-7-1-2-9(6)4-5/h1-4,7H. The molecule has 0 aliphatic rings. The molecule has 0 saturated carbocycles. The molecule has 0 aliphatic carbocycles. The number of hydrogen-bond acceptors (Lipinski definition) is 2. The van der Waals surface area contributed by atoms with Gasteiger partial charge >= 0.3 is 0 Å². The molecule has 0 spiro atoms. The Morgan fingerprint density at radius 1 is 1.60 bits per heavy atom. The van der Waals surface area contributed by atoms with Gasteiger partial charge in [0.05, 0.1) is 0 Å². The van der Waals surface area contributed by atoms with Crippen molar-refractivity contribution in [2.24, 2.45) is 5.18 Å². The first kappa shape index (κ1) is 5.22. The van der Waals surface area contributed by atoms with Crippen molar-refractivity contribution >= 4 is 11.3 Å². The Labute approximate surface area is 56.5 Å². The summed E-state index contributed by atoms with van der Waals surface area (Å²) in [5.41, 5.74) is 1.33. The maximum absolute atomic E-state index is 10.00. The van der Waals surface area contributed by atoms with Crippen LogP contribution in [0.3, 0.4) is 0 Å². The van der Waals surface area contributed by atoms with Gasteiger partial charge in [0.2, 0.25) is 0 Å². The molecule has 0 atom stereocenters. The van der Waals surface area contributed by atoms with E-state index >= 15 is 0 Å². The number of aromatic nitrogens is 2.